The Morgan fingerprint density at radius 2 is 2.27 bits per heavy atom. The average Bonchev–Trinajstić information content (AvgIpc) is 2.70. The van der Waals surface area contributed by atoms with Crippen molar-refractivity contribution in [1.82, 2.24) is 4.98 Å². The van der Waals surface area contributed by atoms with Crippen LogP contribution in [0.5, 0.6) is 0 Å². The molecule has 2 unspecified atom stereocenters. The molecule has 80 valence electrons. The van der Waals surface area contributed by atoms with Crippen LogP contribution in [0.15, 0.2) is 18.5 Å². The Morgan fingerprint density at radius 3 is 2.73 bits per heavy atom. The number of aliphatic carboxylic acids is 1. The molecule has 1 aromatic heterocycles. The number of carboxylic acid groups (broad SMARTS) is 1. The first kappa shape index (κ1) is 10.1. The molecular formula is C11H12FNO2. The van der Waals surface area contributed by atoms with Crippen LogP contribution < -0.4 is 0 Å². The maximum atomic E-state index is 13.4. The number of hydrogen-bond acceptors (Lipinski definition) is 2. The zero-order valence-electron chi connectivity index (χ0n) is 8.57. The van der Waals surface area contributed by atoms with Crippen LogP contribution >= 0.6 is 0 Å². The van der Waals surface area contributed by atoms with Crippen molar-refractivity contribution < 1.29 is 14.3 Å². The molecular weight excluding hydrogens is 197 g/mol. The van der Waals surface area contributed by atoms with Crippen LogP contribution in [0.3, 0.4) is 0 Å². The van der Waals surface area contributed by atoms with E-state index < -0.39 is 17.7 Å². The standard InChI is InChI=1S/C11H12FNO2/c1-11(2)8(9(11)10(14)15)6-3-4-13-5-7(6)12/h3-5,8-9H,1-2H3,(H,14,15). The molecule has 1 aromatic rings. The summed E-state index contributed by atoms with van der Waals surface area (Å²) in [5.41, 5.74) is 0.0935. The maximum Gasteiger partial charge on any atom is 0.307 e. The summed E-state index contributed by atoms with van der Waals surface area (Å²) < 4.78 is 13.4. The Labute approximate surface area is 87.0 Å². The van der Waals surface area contributed by atoms with Crippen molar-refractivity contribution in [1.29, 1.82) is 0 Å². The molecule has 0 aromatic carbocycles. The van der Waals surface area contributed by atoms with Gasteiger partial charge >= 0.3 is 5.97 Å². The van der Waals surface area contributed by atoms with E-state index in [4.69, 9.17) is 5.11 Å². The van der Waals surface area contributed by atoms with E-state index in [-0.39, 0.29) is 11.3 Å². The van der Waals surface area contributed by atoms with Crippen LogP contribution in [0, 0.1) is 17.2 Å². The third-order valence-electron chi connectivity index (χ3n) is 3.23. The van der Waals surface area contributed by atoms with Gasteiger partial charge < -0.3 is 5.11 Å². The van der Waals surface area contributed by atoms with E-state index in [1.807, 2.05) is 13.8 Å². The van der Waals surface area contributed by atoms with Crippen LogP contribution in [0.2, 0.25) is 0 Å². The van der Waals surface area contributed by atoms with Crippen LogP contribution in [0.4, 0.5) is 4.39 Å². The number of hydrogen-bond donors (Lipinski definition) is 1. The van der Waals surface area contributed by atoms with Crippen molar-refractivity contribution in [3.05, 3.63) is 29.8 Å². The lowest BCUT2D eigenvalue weighted by Crippen LogP contribution is -2.03. The molecule has 1 aliphatic rings. The van der Waals surface area contributed by atoms with Crippen LogP contribution in [0.25, 0.3) is 0 Å². The lowest BCUT2D eigenvalue weighted by atomic mass is 10.0. The molecule has 0 radical (unpaired) electrons. The quantitative estimate of drug-likeness (QED) is 0.810. The lowest BCUT2D eigenvalue weighted by molar-refractivity contribution is -0.139. The highest BCUT2D eigenvalue weighted by Crippen LogP contribution is 2.64. The second kappa shape index (κ2) is 3.02. The molecule has 2 rings (SSSR count). The summed E-state index contributed by atoms with van der Waals surface area (Å²) in [6.45, 7) is 3.69. The Bertz CT molecular complexity index is 417. The second-order valence-corrected chi connectivity index (χ2v) is 4.51. The summed E-state index contributed by atoms with van der Waals surface area (Å²) in [7, 11) is 0. The van der Waals surface area contributed by atoms with E-state index in [9.17, 15) is 9.18 Å². The Kier molecular flexibility index (Phi) is 2.03. The number of carbonyl (C=O) groups is 1. The SMILES string of the molecule is CC1(C)C(C(=O)O)C1c1ccncc1F. The molecule has 3 nitrogen and oxygen atoms in total. The molecule has 1 saturated carbocycles. The van der Waals surface area contributed by atoms with Gasteiger partial charge in [0.1, 0.15) is 5.82 Å². The highest BCUT2D eigenvalue weighted by molar-refractivity contribution is 5.77. The molecule has 1 aliphatic carbocycles. The molecule has 15 heavy (non-hydrogen) atoms. The van der Waals surface area contributed by atoms with Gasteiger partial charge in [0.2, 0.25) is 0 Å². The van der Waals surface area contributed by atoms with E-state index >= 15 is 0 Å². The lowest BCUT2D eigenvalue weighted by Gasteiger charge is -2.02. The number of aromatic nitrogens is 1. The fraction of sp³-hybridized carbons (Fsp3) is 0.455. The van der Waals surface area contributed by atoms with Gasteiger partial charge in [-0.25, -0.2) is 4.39 Å². The van der Waals surface area contributed by atoms with E-state index in [2.05, 4.69) is 4.98 Å². The molecule has 0 bridgehead atoms. The van der Waals surface area contributed by atoms with Gasteiger partial charge in [-0.05, 0) is 17.0 Å². The minimum absolute atomic E-state index is 0.238. The summed E-state index contributed by atoms with van der Waals surface area (Å²) in [4.78, 5) is 14.6. The average molecular weight is 209 g/mol. The summed E-state index contributed by atoms with van der Waals surface area (Å²) in [5, 5.41) is 8.97. The van der Waals surface area contributed by atoms with E-state index in [1.54, 1.807) is 6.07 Å². The van der Waals surface area contributed by atoms with Gasteiger partial charge in [-0.3, -0.25) is 9.78 Å². The first-order valence-electron chi connectivity index (χ1n) is 4.78. The zero-order chi connectivity index (χ0) is 11.2. The van der Waals surface area contributed by atoms with Crippen molar-refractivity contribution in [3.8, 4) is 0 Å². The predicted molar refractivity (Wildman–Crippen MR) is 51.8 cm³/mol. The molecule has 1 N–H and O–H groups in total. The summed E-state index contributed by atoms with van der Waals surface area (Å²) >= 11 is 0. The summed E-state index contributed by atoms with van der Waals surface area (Å²) in [6, 6.07) is 1.56. The van der Waals surface area contributed by atoms with Gasteiger partial charge in [0.05, 0.1) is 12.1 Å². The zero-order valence-corrected chi connectivity index (χ0v) is 8.57. The molecule has 0 aliphatic heterocycles. The Hall–Kier alpha value is -1.45. The van der Waals surface area contributed by atoms with Crippen molar-refractivity contribution in [3.63, 3.8) is 0 Å². The monoisotopic (exact) mass is 209 g/mol. The molecule has 0 spiro atoms. The van der Waals surface area contributed by atoms with Gasteiger partial charge in [0.15, 0.2) is 0 Å². The van der Waals surface area contributed by atoms with E-state index in [0.29, 0.717) is 5.56 Å². The minimum atomic E-state index is -0.860. The van der Waals surface area contributed by atoms with Gasteiger partial charge in [-0.2, -0.15) is 0 Å². The topological polar surface area (TPSA) is 50.2 Å². The molecule has 4 heteroatoms. The Morgan fingerprint density at radius 1 is 1.60 bits per heavy atom. The summed E-state index contributed by atoms with van der Waals surface area (Å²) in [5.74, 6) is -2.01. The van der Waals surface area contributed by atoms with E-state index in [1.165, 1.54) is 6.20 Å². The Balaban J connectivity index is 2.36. The molecule has 2 atom stereocenters. The largest absolute Gasteiger partial charge is 0.481 e. The third-order valence-corrected chi connectivity index (χ3v) is 3.23. The molecule has 1 fully saturated rings. The fourth-order valence-electron chi connectivity index (χ4n) is 2.32. The van der Waals surface area contributed by atoms with Crippen molar-refractivity contribution >= 4 is 5.97 Å². The smallest absolute Gasteiger partial charge is 0.307 e. The first-order chi connectivity index (χ1) is 6.96. The normalized spacial score (nSPS) is 27.4. The van der Waals surface area contributed by atoms with Crippen LogP contribution in [-0.4, -0.2) is 16.1 Å². The van der Waals surface area contributed by atoms with Crippen molar-refractivity contribution in [2.45, 2.75) is 19.8 Å². The molecule has 0 saturated heterocycles. The molecule has 0 amide bonds. The van der Waals surface area contributed by atoms with Gasteiger partial charge in [-0.15, -0.1) is 0 Å². The van der Waals surface area contributed by atoms with Gasteiger partial charge in [0, 0.05) is 12.1 Å². The van der Waals surface area contributed by atoms with E-state index in [0.717, 1.165) is 6.20 Å². The number of nitrogens with zero attached hydrogens (tertiary/aromatic N) is 1. The fourth-order valence-corrected chi connectivity index (χ4v) is 2.32. The predicted octanol–water partition coefficient (Wildman–Crippen LogP) is 2.04. The highest BCUT2D eigenvalue weighted by Gasteiger charge is 2.63. The number of carboxylic acids is 1. The second-order valence-electron chi connectivity index (χ2n) is 4.51. The minimum Gasteiger partial charge on any atom is -0.481 e. The van der Waals surface area contributed by atoms with Crippen molar-refractivity contribution in [2.75, 3.05) is 0 Å². The molecule has 1 heterocycles. The highest BCUT2D eigenvalue weighted by atomic mass is 19.1. The number of halogens is 1. The first-order valence-corrected chi connectivity index (χ1v) is 4.78. The number of rotatable bonds is 2. The van der Waals surface area contributed by atoms with Crippen LogP contribution in [0.1, 0.15) is 25.3 Å². The van der Waals surface area contributed by atoms with Gasteiger partial charge in [0.25, 0.3) is 0 Å². The van der Waals surface area contributed by atoms with Gasteiger partial charge in [-0.1, -0.05) is 13.8 Å². The summed E-state index contributed by atoms with van der Waals surface area (Å²) in [6.07, 6.45) is 2.62. The maximum absolute atomic E-state index is 13.4. The van der Waals surface area contributed by atoms with Crippen molar-refractivity contribution in [2.24, 2.45) is 11.3 Å². The third kappa shape index (κ3) is 1.40. The number of pyridine rings is 1. The van der Waals surface area contributed by atoms with Crippen LogP contribution in [-0.2, 0) is 4.79 Å².